The number of nitrogens with zero attached hydrogens (tertiary/aromatic N) is 1. The van der Waals surface area contributed by atoms with Crippen LogP contribution < -0.4 is 0 Å². The van der Waals surface area contributed by atoms with Gasteiger partial charge in [-0.25, -0.2) is 8.70 Å². The van der Waals surface area contributed by atoms with E-state index in [9.17, 15) is 14.0 Å². The van der Waals surface area contributed by atoms with Gasteiger partial charge in [0.1, 0.15) is 5.82 Å². The topological polar surface area (TPSA) is 37.4 Å². The minimum Gasteiger partial charge on any atom is -0.273 e. The van der Waals surface area contributed by atoms with Gasteiger partial charge in [-0.1, -0.05) is 12.1 Å². The van der Waals surface area contributed by atoms with Gasteiger partial charge in [-0.3, -0.25) is 9.59 Å². The number of halogens is 1. The molecule has 5 heteroatoms. The van der Waals surface area contributed by atoms with Crippen molar-refractivity contribution in [2.24, 2.45) is 0 Å². The zero-order valence-corrected chi connectivity index (χ0v) is 9.30. The number of hydrogen-bond acceptors (Lipinski definition) is 3. The van der Waals surface area contributed by atoms with Crippen molar-refractivity contribution >= 4 is 23.8 Å². The van der Waals surface area contributed by atoms with E-state index in [1.54, 1.807) is 12.1 Å². The number of rotatable bonds is 3. The smallest absolute Gasteiger partial charge is 0.239 e. The van der Waals surface area contributed by atoms with Crippen LogP contribution in [0.3, 0.4) is 0 Å². The van der Waals surface area contributed by atoms with Crippen molar-refractivity contribution in [2.75, 3.05) is 0 Å². The highest BCUT2D eigenvalue weighted by Gasteiger charge is 2.29. The normalized spacial score (nSPS) is 15.9. The summed E-state index contributed by atoms with van der Waals surface area (Å²) in [5, 5.41) is 0. The quantitative estimate of drug-likeness (QED) is 0.599. The first-order chi connectivity index (χ1) is 7.66. The third-order valence-corrected chi connectivity index (χ3v) is 3.41. The minimum atomic E-state index is -0.290. The first kappa shape index (κ1) is 11.1. The van der Waals surface area contributed by atoms with Crippen LogP contribution in [0.15, 0.2) is 24.3 Å². The maximum atomic E-state index is 12.6. The molecule has 1 aromatic carbocycles. The summed E-state index contributed by atoms with van der Waals surface area (Å²) in [7, 11) is 0. The van der Waals surface area contributed by atoms with Crippen LogP contribution in [-0.4, -0.2) is 16.1 Å². The number of imide groups is 1. The second kappa shape index (κ2) is 4.65. The first-order valence-corrected chi connectivity index (χ1v) is 5.84. The highest BCUT2D eigenvalue weighted by Crippen LogP contribution is 2.24. The molecule has 1 aliphatic rings. The lowest BCUT2D eigenvalue weighted by atomic mass is 10.2. The molecule has 0 aliphatic carbocycles. The molecule has 1 saturated heterocycles. The predicted octanol–water partition coefficient (Wildman–Crippen LogP) is 2.12. The zero-order valence-electron chi connectivity index (χ0n) is 8.48. The second-order valence-electron chi connectivity index (χ2n) is 3.48. The summed E-state index contributed by atoms with van der Waals surface area (Å²) >= 11 is 1.17. The Morgan fingerprint density at radius 3 is 2.25 bits per heavy atom. The van der Waals surface area contributed by atoms with E-state index in [-0.39, 0.29) is 17.6 Å². The van der Waals surface area contributed by atoms with Gasteiger partial charge >= 0.3 is 0 Å². The summed E-state index contributed by atoms with van der Waals surface area (Å²) in [5.41, 5.74) is 0.888. The van der Waals surface area contributed by atoms with Gasteiger partial charge in [-0.2, -0.15) is 0 Å². The van der Waals surface area contributed by atoms with Crippen molar-refractivity contribution in [3.8, 4) is 0 Å². The zero-order chi connectivity index (χ0) is 11.5. The summed E-state index contributed by atoms with van der Waals surface area (Å²) in [4.78, 5) is 22.6. The molecule has 84 valence electrons. The van der Waals surface area contributed by atoms with Crippen LogP contribution in [0.4, 0.5) is 4.39 Å². The Kier molecular flexibility index (Phi) is 3.24. The Morgan fingerprint density at radius 2 is 1.69 bits per heavy atom. The fourth-order valence-electron chi connectivity index (χ4n) is 1.42. The molecule has 1 aromatic rings. The van der Waals surface area contributed by atoms with Crippen LogP contribution in [0.1, 0.15) is 18.4 Å². The minimum absolute atomic E-state index is 0.142. The lowest BCUT2D eigenvalue weighted by molar-refractivity contribution is -0.131. The molecule has 0 radical (unpaired) electrons. The Balaban J connectivity index is 1.94. The van der Waals surface area contributed by atoms with Gasteiger partial charge in [-0.05, 0) is 29.6 Å². The van der Waals surface area contributed by atoms with E-state index in [4.69, 9.17) is 0 Å². The van der Waals surface area contributed by atoms with Crippen molar-refractivity contribution in [2.45, 2.75) is 18.6 Å². The van der Waals surface area contributed by atoms with E-state index in [0.29, 0.717) is 18.6 Å². The molecule has 0 saturated carbocycles. The van der Waals surface area contributed by atoms with Crippen LogP contribution in [0, 0.1) is 5.82 Å². The van der Waals surface area contributed by atoms with E-state index in [2.05, 4.69) is 0 Å². The summed E-state index contributed by atoms with van der Waals surface area (Å²) in [6, 6.07) is 6.02. The molecule has 2 rings (SSSR count). The Bertz CT molecular complexity index is 402. The molecule has 3 nitrogen and oxygen atoms in total. The molecule has 1 aliphatic heterocycles. The average molecular weight is 239 g/mol. The summed E-state index contributed by atoms with van der Waals surface area (Å²) in [6.45, 7) is 0. The summed E-state index contributed by atoms with van der Waals surface area (Å²) in [5.74, 6) is -0.0751. The molecular formula is C11H10FNO2S. The first-order valence-electron chi connectivity index (χ1n) is 4.90. The van der Waals surface area contributed by atoms with Crippen LogP contribution in [0.2, 0.25) is 0 Å². The summed E-state index contributed by atoms with van der Waals surface area (Å²) in [6.07, 6.45) is 0.602. The Labute approximate surface area is 96.8 Å². The monoisotopic (exact) mass is 239 g/mol. The number of amides is 2. The van der Waals surface area contributed by atoms with E-state index in [0.717, 1.165) is 5.56 Å². The van der Waals surface area contributed by atoms with Crippen molar-refractivity contribution in [1.29, 1.82) is 0 Å². The molecule has 0 aromatic heterocycles. The maximum Gasteiger partial charge on any atom is 0.239 e. The predicted molar refractivity (Wildman–Crippen MR) is 58.8 cm³/mol. The molecule has 0 N–H and O–H groups in total. The standard InChI is InChI=1S/C11H10FNO2S/c12-9-3-1-8(2-4-9)7-16-13-10(14)5-6-11(13)15/h1-4H,5-7H2. The van der Waals surface area contributed by atoms with Crippen LogP contribution >= 0.6 is 11.9 Å². The van der Waals surface area contributed by atoms with Gasteiger partial charge in [0.05, 0.1) is 0 Å². The van der Waals surface area contributed by atoms with Crippen LogP contribution in [0.25, 0.3) is 0 Å². The molecule has 1 fully saturated rings. The van der Waals surface area contributed by atoms with E-state index in [1.807, 2.05) is 0 Å². The van der Waals surface area contributed by atoms with Crippen molar-refractivity contribution in [3.05, 3.63) is 35.6 Å². The van der Waals surface area contributed by atoms with Crippen molar-refractivity contribution in [1.82, 2.24) is 4.31 Å². The molecule has 2 amide bonds. The number of hydrogen-bond donors (Lipinski definition) is 0. The molecule has 0 atom stereocenters. The fourth-order valence-corrected chi connectivity index (χ4v) is 2.36. The van der Waals surface area contributed by atoms with Gasteiger partial charge < -0.3 is 0 Å². The molecule has 0 bridgehead atoms. The van der Waals surface area contributed by atoms with Gasteiger partial charge in [0, 0.05) is 18.6 Å². The SMILES string of the molecule is O=C1CCC(=O)N1SCc1ccc(F)cc1. The molecule has 0 spiro atoms. The third kappa shape index (κ3) is 2.41. The third-order valence-electron chi connectivity index (χ3n) is 2.28. The average Bonchev–Trinajstić information content (AvgIpc) is 2.59. The van der Waals surface area contributed by atoms with E-state index < -0.39 is 0 Å². The molecule has 0 unspecified atom stereocenters. The van der Waals surface area contributed by atoms with E-state index >= 15 is 0 Å². The lowest BCUT2D eigenvalue weighted by Crippen LogP contribution is -2.21. The number of carbonyl (C=O) groups excluding carboxylic acids is 2. The highest BCUT2D eigenvalue weighted by molar-refractivity contribution is 7.97. The molecule has 16 heavy (non-hydrogen) atoms. The van der Waals surface area contributed by atoms with Gasteiger partial charge in [0.15, 0.2) is 0 Å². The number of carbonyl (C=O) groups is 2. The Morgan fingerprint density at radius 1 is 1.12 bits per heavy atom. The summed E-state index contributed by atoms with van der Waals surface area (Å²) < 4.78 is 13.8. The largest absolute Gasteiger partial charge is 0.273 e. The van der Waals surface area contributed by atoms with Gasteiger partial charge in [0.25, 0.3) is 0 Å². The van der Waals surface area contributed by atoms with Gasteiger partial charge in [-0.15, -0.1) is 0 Å². The molecule has 1 heterocycles. The van der Waals surface area contributed by atoms with Crippen LogP contribution in [-0.2, 0) is 15.3 Å². The van der Waals surface area contributed by atoms with E-state index in [1.165, 1.54) is 28.4 Å². The second-order valence-corrected chi connectivity index (χ2v) is 4.39. The van der Waals surface area contributed by atoms with Crippen molar-refractivity contribution in [3.63, 3.8) is 0 Å². The van der Waals surface area contributed by atoms with Gasteiger partial charge in [0.2, 0.25) is 11.8 Å². The number of benzene rings is 1. The highest BCUT2D eigenvalue weighted by atomic mass is 32.2. The maximum absolute atomic E-state index is 12.6. The Hall–Kier alpha value is -1.36. The fraction of sp³-hybridized carbons (Fsp3) is 0.273. The van der Waals surface area contributed by atoms with Crippen molar-refractivity contribution < 1.29 is 14.0 Å². The lowest BCUT2D eigenvalue weighted by Gasteiger charge is -2.11. The van der Waals surface area contributed by atoms with Crippen LogP contribution in [0.5, 0.6) is 0 Å². The molecular weight excluding hydrogens is 229 g/mol.